The van der Waals surface area contributed by atoms with Crippen LogP contribution in [0, 0.1) is 0 Å². The van der Waals surface area contributed by atoms with Gasteiger partial charge in [-0.15, -0.1) is 10.2 Å². The molecule has 0 aromatic carbocycles. The topological polar surface area (TPSA) is 67.4 Å². The van der Waals surface area contributed by atoms with Crippen molar-refractivity contribution in [2.45, 2.75) is 51.5 Å². The molecule has 1 atom stereocenters. The van der Waals surface area contributed by atoms with Crippen molar-refractivity contribution in [2.24, 2.45) is 0 Å². The molecule has 4 rings (SSSR count). The molecule has 2 aliphatic heterocycles. The molecule has 152 valence electrons. The Morgan fingerprint density at radius 3 is 2.61 bits per heavy atom. The van der Waals surface area contributed by atoms with Crippen molar-refractivity contribution in [3.05, 3.63) is 35.3 Å². The van der Waals surface area contributed by atoms with Gasteiger partial charge in [-0.3, -0.25) is 9.69 Å². The van der Waals surface area contributed by atoms with E-state index in [1.807, 2.05) is 0 Å². The molecule has 28 heavy (non-hydrogen) atoms. The zero-order valence-electron chi connectivity index (χ0n) is 15.6. The number of carbonyl (C=O) groups excluding carboxylic acids is 1. The number of hydrogen-bond acceptors (Lipinski definition) is 5. The molecule has 2 aliphatic rings. The van der Waals surface area contributed by atoms with Crippen LogP contribution < -0.4 is 0 Å². The lowest BCUT2D eigenvalue weighted by atomic mass is 10.1. The fourth-order valence-electron chi connectivity index (χ4n) is 3.93. The van der Waals surface area contributed by atoms with Crippen molar-refractivity contribution in [1.29, 1.82) is 0 Å². The number of amides is 1. The zero-order valence-corrected chi connectivity index (χ0v) is 15.6. The van der Waals surface area contributed by atoms with Crippen LogP contribution in [-0.2, 0) is 19.3 Å². The Bertz CT molecular complexity index is 854. The fraction of sp³-hybridized carbons (Fsp3) is 0.611. The Hall–Kier alpha value is -2.36. The number of halogens is 3. The van der Waals surface area contributed by atoms with Gasteiger partial charge in [0.15, 0.2) is 11.6 Å². The minimum atomic E-state index is -4.57. The molecule has 0 aliphatic carbocycles. The van der Waals surface area contributed by atoms with E-state index in [1.165, 1.54) is 24.2 Å². The zero-order chi connectivity index (χ0) is 19.9. The number of hydrogen-bond donors (Lipinski definition) is 0. The first-order chi connectivity index (χ1) is 13.3. The smallest absolute Gasteiger partial charge is 0.451 e. The number of fused-ring (bicyclic) bond motifs is 1. The quantitative estimate of drug-likeness (QED) is 0.796. The molecule has 1 fully saturated rings. The number of nitrogens with zero attached hydrogens (tertiary/aromatic N) is 5. The first-order valence-electron chi connectivity index (χ1n) is 9.47. The predicted molar refractivity (Wildman–Crippen MR) is 92.3 cm³/mol. The van der Waals surface area contributed by atoms with Gasteiger partial charge >= 0.3 is 6.18 Å². The van der Waals surface area contributed by atoms with Gasteiger partial charge in [0, 0.05) is 13.1 Å². The average Bonchev–Trinajstić information content (AvgIpc) is 3.29. The van der Waals surface area contributed by atoms with E-state index in [9.17, 15) is 18.0 Å². The lowest BCUT2D eigenvalue weighted by Gasteiger charge is -2.33. The fourth-order valence-corrected chi connectivity index (χ4v) is 3.93. The van der Waals surface area contributed by atoms with Gasteiger partial charge in [-0.05, 0) is 45.0 Å². The highest BCUT2D eigenvalue weighted by Crippen LogP contribution is 2.33. The summed E-state index contributed by atoms with van der Waals surface area (Å²) < 4.78 is 45.9. The molecule has 2 aromatic rings. The molecule has 1 saturated heterocycles. The molecule has 1 unspecified atom stereocenters. The summed E-state index contributed by atoms with van der Waals surface area (Å²) in [4.78, 5) is 16.6. The second-order valence-electron chi connectivity index (χ2n) is 7.31. The molecule has 1 amide bonds. The van der Waals surface area contributed by atoms with Crippen LogP contribution in [0.4, 0.5) is 13.2 Å². The Kier molecular flexibility index (Phi) is 4.90. The van der Waals surface area contributed by atoms with Crippen LogP contribution in [0.15, 0.2) is 16.5 Å². The Labute approximate surface area is 160 Å². The Morgan fingerprint density at radius 1 is 1.14 bits per heavy atom. The van der Waals surface area contributed by atoms with Crippen LogP contribution in [0.3, 0.4) is 0 Å². The number of rotatable bonds is 3. The maximum absolute atomic E-state index is 13.0. The molecule has 4 heterocycles. The molecule has 10 heteroatoms. The van der Waals surface area contributed by atoms with E-state index in [0.29, 0.717) is 6.54 Å². The highest BCUT2D eigenvalue weighted by atomic mass is 19.4. The summed E-state index contributed by atoms with van der Waals surface area (Å²) in [5.74, 6) is -0.323. The minimum absolute atomic E-state index is 0.00536. The van der Waals surface area contributed by atoms with Gasteiger partial charge in [0.25, 0.3) is 5.91 Å². The van der Waals surface area contributed by atoms with Crippen LogP contribution in [0.5, 0.6) is 0 Å². The summed E-state index contributed by atoms with van der Waals surface area (Å²) in [6.07, 6.45) is -0.996. The van der Waals surface area contributed by atoms with Crippen molar-refractivity contribution in [3.8, 4) is 0 Å². The Balaban J connectivity index is 1.48. The van der Waals surface area contributed by atoms with Gasteiger partial charge in [0.2, 0.25) is 5.82 Å². The van der Waals surface area contributed by atoms with Crippen molar-refractivity contribution >= 4 is 5.91 Å². The van der Waals surface area contributed by atoms with Crippen LogP contribution in [0.25, 0.3) is 0 Å². The van der Waals surface area contributed by atoms with Crippen LogP contribution in [0.1, 0.15) is 60.2 Å². The van der Waals surface area contributed by atoms with Gasteiger partial charge < -0.3 is 13.9 Å². The van der Waals surface area contributed by atoms with Crippen molar-refractivity contribution < 1.29 is 22.4 Å². The highest BCUT2D eigenvalue weighted by Gasteiger charge is 2.42. The monoisotopic (exact) mass is 397 g/mol. The number of furan rings is 1. The van der Waals surface area contributed by atoms with E-state index >= 15 is 0 Å². The SMILES string of the molecule is CC1c2nnc(C(F)(F)F)n2CCN1C(=O)c1ccc(CN2CCCCC2)o1. The summed E-state index contributed by atoms with van der Waals surface area (Å²) in [7, 11) is 0. The van der Waals surface area contributed by atoms with Crippen LogP contribution in [0.2, 0.25) is 0 Å². The van der Waals surface area contributed by atoms with Gasteiger partial charge in [-0.25, -0.2) is 0 Å². The molecule has 0 bridgehead atoms. The average molecular weight is 397 g/mol. The van der Waals surface area contributed by atoms with Crippen molar-refractivity contribution in [1.82, 2.24) is 24.6 Å². The van der Waals surface area contributed by atoms with E-state index in [1.54, 1.807) is 19.1 Å². The summed E-state index contributed by atoms with van der Waals surface area (Å²) in [6, 6.07) is 2.80. The second kappa shape index (κ2) is 7.23. The summed E-state index contributed by atoms with van der Waals surface area (Å²) in [5, 5.41) is 6.95. The van der Waals surface area contributed by atoms with Crippen LogP contribution >= 0.6 is 0 Å². The summed E-state index contributed by atoms with van der Waals surface area (Å²) >= 11 is 0. The van der Waals surface area contributed by atoms with Gasteiger partial charge in [-0.2, -0.15) is 13.2 Å². The number of alkyl halides is 3. The van der Waals surface area contributed by atoms with E-state index in [-0.39, 0.29) is 30.6 Å². The molecule has 7 nitrogen and oxygen atoms in total. The normalized spacial score (nSPS) is 21.0. The third-order valence-electron chi connectivity index (χ3n) is 5.40. The molecule has 0 spiro atoms. The van der Waals surface area contributed by atoms with Gasteiger partial charge in [-0.1, -0.05) is 6.42 Å². The maximum atomic E-state index is 13.0. The van der Waals surface area contributed by atoms with Crippen LogP contribution in [-0.4, -0.2) is 50.1 Å². The van der Waals surface area contributed by atoms with E-state index in [0.717, 1.165) is 23.4 Å². The second-order valence-corrected chi connectivity index (χ2v) is 7.31. The van der Waals surface area contributed by atoms with E-state index in [2.05, 4.69) is 15.1 Å². The number of carbonyl (C=O) groups is 1. The first-order valence-corrected chi connectivity index (χ1v) is 9.47. The van der Waals surface area contributed by atoms with E-state index in [4.69, 9.17) is 4.42 Å². The lowest BCUT2D eigenvalue weighted by molar-refractivity contribution is -0.148. The minimum Gasteiger partial charge on any atom is -0.455 e. The van der Waals surface area contributed by atoms with Crippen molar-refractivity contribution in [3.63, 3.8) is 0 Å². The molecule has 0 N–H and O–H groups in total. The number of piperidine rings is 1. The Morgan fingerprint density at radius 2 is 1.89 bits per heavy atom. The summed E-state index contributed by atoms with van der Waals surface area (Å²) in [5.41, 5.74) is 0. The largest absolute Gasteiger partial charge is 0.455 e. The van der Waals surface area contributed by atoms with Gasteiger partial charge in [0.05, 0.1) is 12.6 Å². The standard InChI is InChI=1S/C18H22F3N5O2/c1-12-15-22-23-17(18(19,20)21)26(15)10-9-25(12)16(27)14-6-5-13(28-14)11-24-7-3-2-4-8-24/h5-6,12H,2-4,7-11H2,1H3. The number of aromatic nitrogens is 3. The van der Waals surface area contributed by atoms with E-state index < -0.39 is 18.0 Å². The predicted octanol–water partition coefficient (Wildman–Crippen LogP) is 3.09. The molecule has 0 radical (unpaired) electrons. The maximum Gasteiger partial charge on any atom is 0.451 e. The lowest BCUT2D eigenvalue weighted by Crippen LogP contribution is -2.41. The van der Waals surface area contributed by atoms with Crippen molar-refractivity contribution in [2.75, 3.05) is 19.6 Å². The number of likely N-dealkylation sites (tertiary alicyclic amines) is 1. The molecule has 0 saturated carbocycles. The van der Waals surface area contributed by atoms with Gasteiger partial charge in [0.1, 0.15) is 5.76 Å². The summed E-state index contributed by atoms with van der Waals surface area (Å²) in [6.45, 7) is 4.47. The first kappa shape index (κ1) is 19.0. The molecule has 2 aromatic heterocycles. The highest BCUT2D eigenvalue weighted by molar-refractivity contribution is 5.91. The molecular weight excluding hydrogens is 375 g/mol. The third kappa shape index (κ3) is 3.52. The molecular formula is C18H22F3N5O2. The third-order valence-corrected chi connectivity index (χ3v) is 5.40.